The van der Waals surface area contributed by atoms with E-state index in [1.54, 1.807) is 14.2 Å². The Bertz CT molecular complexity index is 681. The van der Waals surface area contributed by atoms with Gasteiger partial charge in [-0.3, -0.25) is 4.99 Å². The topological polar surface area (TPSA) is 30.8 Å². The van der Waals surface area contributed by atoms with E-state index < -0.39 is 0 Å². The van der Waals surface area contributed by atoms with Crippen molar-refractivity contribution in [3.05, 3.63) is 51.5 Å². The summed E-state index contributed by atoms with van der Waals surface area (Å²) >= 11 is 3.52. The van der Waals surface area contributed by atoms with Crippen molar-refractivity contribution in [3.8, 4) is 11.5 Å². The lowest BCUT2D eigenvalue weighted by atomic mass is 10.1. The van der Waals surface area contributed by atoms with Crippen LogP contribution in [0.3, 0.4) is 0 Å². The second kappa shape index (κ2) is 6.76. The molecule has 2 aromatic rings. The maximum absolute atomic E-state index is 5.31. The SMILES string of the molecule is COc1cc(Br)c(C=Nc2ccc(C)c(C)c2)cc1OC. The zero-order chi connectivity index (χ0) is 15.4. The van der Waals surface area contributed by atoms with Gasteiger partial charge in [-0.15, -0.1) is 0 Å². The van der Waals surface area contributed by atoms with Crippen molar-refractivity contribution in [1.29, 1.82) is 0 Å². The molecule has 0 spiro atoms. The molecule has 0 heterocycles. The number of aryl methyl sites for hydroxylation is 2. The average molecular weight is 348 g/mol. The fraction of sp³-hybridized carbons (Fsp3) is 0.235. The van der Waals surface area contributed by atoms with E-state index in [0.29, 0.717) is 11.5 Å². The van der Waals surface area contributed by atoms with Gasteiger partial charge in [0.25, 0.3) is 0 Å². The molecule has 0 saturated heterocycles. The Morgan fingerprint density at radius 1 is 0.952 bits per heavy atom. The number of hydrogen-bond acceptors (Lipinski definition) is 3. The molecule has 0 aliphatic heterocycles. The van der Waals surface area contributed by atoms with Crippen LogP contribution >= 0.6 is 15.9 Å². The van der Waals surface area contributed by atoms with Gasteiger partial charge >= 0.3 is 0 Å². The van der Waals surface area contributed by atoms with Crippen LogP contribution in [-0.4, -0.2) is 20.4 Å². The molecule has 21 heavy (non-hydrogen) atoms. The first-order valence-electron chi connectivity index (χ1n) is 6.58. The highest BCUT2D eigenvalue weighted by atomic mass is 79.9. The molecule has 110 valence electrons. The lowest BCUT2D eigenvalue weighted by molar-refractivity contribution is 0.354. The molecule has 0 radical (unpaired) electrons. The monoisotopic (exact) mass is 347 g/mol. The summed E-state index contributed by atoms with van der Waals surface area (Å²) in [6, 6.07) is 9.92. The number of ether oxygens (including phenoxy) is 2. The summed E-state index contributed by atoms with van der Waals surface area (Å²) in [5.41, 5.74) is 4.36. The van der Waals surface area contributed by atoms with Crippen molar-refractivity contribution < 1.29 is 9.47 Å². The van der Waals surface area contributed by atoms with Gasteiger partial charge in [-0.25, -0.2) is 0 Å². The van der Waals surface area contributed by atoms with Gasteiger partial charge in [0, 0.05) is 16.3 Å². The molecule has 4 heteroatoms. The third kappa shape index (κ3) is 3.64. The van der Waals surface area contributed by atoms with Crippen LogP contribution in [0.25, 0.3) is 0 Å². The van der Waals surface area contributed by atoms with Crippen molar-refractivity contribution >= 4 is 27.8 Å². The van der Waals surface area contributed by atoms with E-state index in [0.717, 1.165) is 15.7 Å². The van der Waals surface area contributed by atoms with Crippen LogP contribution in [0.4, 0.5) is 5.69 Å². The highest BCUT2D eigenvalue weighted by Crippen LogP contribution is 2.32. The highest BCUT2D eigenvalue weighted by molar-refractivity contribution is 9.10. The van der Waals surface area contributed by atoms with Crippen molar-refractivity contribution in [2.24, 2.45) is 4.99 Å². The molecule has 0 bridgehead atoms. The number of nitrogens with zero attached hydrogens (tertiary/aromatic N) is 1. The van der Waals surface area contributed by atoms with E-state index in [1.165, 1.54) is 11.1 Å². The first-order chi connectivity index (χ1) is 10.0. The maximum Gasteiger partial charge on any atom is 0.161 e. The Balaban J connectivity index is 2.34. The number of benzene rings is 2. The molecule has 0 amide bonds. The first-order valence-corrected chi connectivity index (χ1v) is 7.37. The lowest BCUT2D eigenvalue weighted by Gasteiger charge is -2.09. The van der Waals surface area contributed by atoms with Gasteiger partial charge in [0.1, 0.15) is 0 Å². The molecule has 0 aliphatic rings. The quantitative estimate of drug-likeness (QED) is 0.741. The van der Waals surface area contributed by atoms with E-state index in [9.17, 15) is 0 Å². The smallest absolute Gasteiger partial charge is 0.161 e. The number of hydrogen-bond donors (Lipinski definition) is 0. The van der Waals surface area contributed by atoms with Gasteiger partial charge < -0.3 is 9.47 Å². The number of rotatable bonds is 4. The van der Waals surface area contributed by atoms with Gasteiger partial charge in [-0.2, -0.15) is 0 Å². The molecule has 0 fully saturated rings. The molecular formula is C17H18BrNO2. The molecule has 0 aliphatic carbocycles. The summed E-state index contributed by atoms with van der Waals surface area (Å²) in [6.45, 7) is 4.18. The predicted octanol–water partition coefficient (Wildman–Crippen LogP) is 4.83. The summed E-state index contributed by atoms with van der Waals surface area (Å²) in [4.78, 5) is 4.52. The number of aliphatic imine (C=N–C) groups is 1. The lowest BCUT2D eigenvalue weighted by Crippen LogP contribution is -1.93. The van der Waals surface area contributed by atoms with Crippen LogP contribution in [0, 0.1) is 13.8 Å². The number of methoxy groups -OCH3 is 2. The zero-order valence-corrected chi connectivity index (χ0v) is 14.2. The molecule has 2 rings (SSSR count). The van der Waals surface area contributed by atoms with Crippen molar-refractivity contribution in [3.63, 3.8) is 0 Å². The summed E-state index contributed by atoms with van der Waals surface area (Å²) in [6.07, 6.45) is 1.82. The van der Waals surface area contributed by atoms with Gasteiger partial charge in [-0.1, -0.05) is 6.07 Å². The maximum atomic E-state index is 5.31. The first kappa shape index (κ1) is 15.6. The van der Waals surface area contributed by atoms with Crippen molar-refractivity contribution in [2.75, 3.05) is 14.2 Å². The van der Waals surface area contributed by atoms with Gasteiger partial charge in [-0.05, 0) is 65.2 Å². The van der Waals surface area contributed by atoms with Gasteiger partial charge in [0.15, 0.2) is 11.5 Å². The van der Waals surface area contributed by atoms with Crippen molar-refractivity contribution in [2.45, 2.75) is 13.8 Å². The van der Waals surface area contributed by atoms with E-state index in [-0.39, 0.29) is 0 Å². The highest BCUT2D eigenvalue weighted by Gasteiger charge is 2.08. The molecule has 0 atom stereocenters. The van der Waals surface area contributed by atoms with Gasteiger partial charge in [0.2, 0.25) is 0 Å². The third-order valence-electron chi connectivity index (χ3n) is 3.35. The van der Waals surface area contributed by atoms with Crippen LogP contribution in [0.1, 0.15) is 16.7 Å². The summed E-state index contributed by atoms with van der Waals surface area (Å²) < 4.78 is 11.5. The number of halogens is 1. The minimum Gasteiger partial charge on any atom is -0.493 e. The van der Waals surface area contributed by atoms with Crippen molar-refractivity contribution in [1.82, 2.24) is 0 Å². The zero-order valence-electron chi connectivity index (χ0n) is 12.6. The molecule has 3 nitrogen and oxygen atoms in total. The standard InChI is InChI=1S/C17H18BrNO2/c1-11-5-6-14(7-12(11)2)19-10-13-8-16(20-3)17(21-4)9-15(13)18/h5-10H,1-4H3. The fourth-order valence-electron chi connectivity index (χ4n) is 1.92. The van der Waals surface area contributed by atoms with E-state index in [1.807, 2.05) is 24.4 Å². The fourth-order valence-corrected chi connectivity index (χ4v) is 2.34. The molecule has 0 unspecified atom stereocenters. The van der Waals surface area contributed by atoms with Crippen LogP contribution in [0.2, 0.25) is 0 Å². The molecule has 0 saturated carbocycles. The van der Waals surface area contributed by atoms with Crippen LogP contribution in [0.15, 0.2) is 39.8 Å². The average Bonchev–Trinajstić information content (AvgIpc) is 2.49. The van der Waals surface area contributed by atoms with Crippen LogP contribution in [0.5, 0.6) is 11.5 Å². The minimum atomic E-state index is 0.683. The Hall–Kier alpha value is -1.81. The Kier molecular flexibility index (Phi) is 5.02. The molecule has 0 N–H and O–H groups in total. The normalized spacial score (nSPS) is 10.9. The van der Waals surface area contributed by atoms with Crippen LogP contribution < -0.4 is 9.47 Å². The third-order valence-corrected chi connectivity index (χ3v) is 4.03. The summed E-state index contributed by atoms with van der Waals surface area (Å²) in [5.74, 6) is 1.37. The molecule has 0 aromatic heterocycles. The van der Waals surface area contributed by atoms with Gasteiger partial charge in [0.05, 0.1) is 19.9 Å². The minimum absolute atomic E-state index is 0.683. The largest absolute Gasteiger partial charge is 0.493 e. The summed E-state index contributed by atoms with van der Waals surface area (Å²) in [7, 11) is 3.24. The predicted molar refractivity (Wildman–Crippen MR) is 90.4 cm³/mol. The van der Waals surface area contributed by atoms with E-state index in [4.69, 9.17) is 9.47 Å². The van der Waals surface area contributed by atoms with Crippen LogP contribution in [-0.2, 0) is 0 Å². The Morgan fingerprint density at radius 3 is 2.24 bits per heavy atom. The second-order valence-electron chi connectivity index (χ2n) is 4.76. The van der Waals surface area contributed by atoms with E-state index >= 15 is 0 Å². The molecular weight excluding hydrogens is 330 g/mol. The van der Waals surface area contributed by atoms with E-state index in [2.05, 4.69) is 46.9 Å². The second-order valence-corrected chi connectivity index (χ2v) is 5.61. The summed E-state index contributed by atoms with van der Waals surface area (Å²) in [5, 5.41) is 0. The molecule has 2 aromatic carbocycles. The Labute approximate surface area is 133 Å². The Morgan fingerprint density at radius 2 is 1.62 bits per heavy atom.